The van der Waals surface area contributed by atoms with Crippen molar-refractivity contribution in [1.82, 2.24) is 5.32 Å². The Morgan fingerprint density at radius 1 is 1.27 bits per heavy atom. The van der Waals surface area contributed by atoms with E-state index in [1.165, 1.54) is 12.8 Å². The van der Waals surface area contributed by atoms with Gasteiger partial charge in [0.15, 0.2) is 0 Å². The van der Waals surface area contributed by atoms with Gasteiger partial charge in [-0.05, 0) is 18.3 Å². The van der Waals surface area contributed by atoms with Crippen LogP contribution >= 0.6 is 0 Å². The summed E-state index contributed by atoms with van der Waals surface area (Å²) in [5.74, 6) is 0. The molecule has 0 unspecified atom stereocenters. The zero-order valence-electron chi connectivity index (χ0n) is 7.44. The van der Waals surface area contributed by atoms with Gasteiger partial charge < -0.3 is 10.1 Å². The molecule has 0 aromatic carbocycles. The summed E-state index contributed by atoms with van der Waals surface area (Å²) in [5.41, 5.74) is 0.912. The molecule has 0 aromatic heterocycles. The summed E-state index contributed by atoms with van der Waals surface area (Å²) in [6.45, 7) is 7.51. The van der Waals surface area contributed by atoms with Crippen LogP contribution in [0.15, 0.2) is 0 Å². The molecule has 0 aromatic rings. The first-order chi connectivity index (χ1) is 5.12. The van der Waals surface area contributed by atoms with Crippen LogP contribution < -0.4 is 5.32 Å². The monoisotopic (exact) mass is 155 g/mol. The smallest absolute Gasteiger partial charge is 0.0649 e. The van der Waals surface area contributed by atoms with E-state index in [1.54, 1.807) is 0 Å². The molecule has 1 saturated carbocycles. The van der Waals surface area contributed by atoms with E-state index in [0.29, 0.717) is 11.0 Å². The minimum Gasteiger partial charge on any atom is -0.378 e. The second-order valence-electron chi connectivity index (χ2n) is 4.78. The van der Waals surface area contributed by atoms with Crippen LogP contribution in [0.4, 0.5) is 0 Å². The topological polar surface area (TPSA) is 21.3 Å². The largest absolute Gasteiger partial charge is 0.378 e. The first kappa shape index (κ1) is 7.56. The van der Waals surface area contributed by atoms with Crippen molar-refractivity contribution in [2.45, 2.75) is 32.2 Å². The van der Waals surface area contributed by atoms with Crippen molar-refractivity contribution in [3.8, 4) is 0 Å². The first-order valence-electron chi connectivity index (χ1n) is 4.45. The fourth-order valence-electron chi connectivity index (χ4n) is 2.71. The Labute approximate surface area is 68.3 Å². The molecule has 1 N–H and O–H groups in total. The first-order valence-corrected chi connectivity index (χ1v) is 4.45. The van der Waals surface area contributed by atoms with E-state index in [0.717, 1.165) is 19.8 Å². The SMILES string of the molecule is CC1(C)CC2(COCCN2)C1. The predicted molar refractivity (Wildman–Crippen MR) is 44.6 cm³/mol. The van der Waals surface area contributed by atoms with Crippen molar-refractivity contribution in [3.05, 3.63) is 0 Å². The lowest BCUT2D eigenvalue weighted by molar-refractivity contribution is -0.0682. The molecule has 1 spiro atoms. The summed E-state index contributed by atoms with van der Waals surface area (Å²) in [5, 5.41) is 3.56. The van der Waals surface area contributed by atoms with E-state index in [-0.39, 0.29) is 0 Å². The second-order valence-corrected chi connectivity index (χ2v) is 4.78. The van der Waals surface area contributed by atoms with E-state index in [9.17, 15) is 0 Å². The highest BCUT2D eigenvalue weighted by atomic mass is 16.5. The number of morpholine rings is 1. The van der Waals surface area contributed by atoms with Crippen LogP contribution in [-0.4, -0.2) is 25.3 Å². The van der Waals surface area contributed by atoms with Crippen LogP contribution in [0.25, 0.3) is 0 Å². The minimum atomic E-state index is 0.363. The molecule has 0 bridgehead atoms. The molecule has 1 aliphatic carbocycles. The van der Waals surface area contributed by atoms with Gasteiger partial charge in [0.1, 0.15) is 0 Å². The Kier molecular flexibility index (Phi) is 1.52. The highest BCUT2D eigenvalue weighted by Gasteiger charge is 2.49. The number of rotatable bonds is 0. The van der Waals surface area contributed by atoms with Crippen molar-refractivity contribution in [2.75, 3.05) is 19.8 Å². The zero-order chi connectivity index (χ0) is 7.95. The summed E-state index contributed by atoms with van der Waals surface area (Å²) in [6, 6.07) is 0. The Morgan fingerprint density at radius 3 is 2.45 bits per heavy atom. The minimum absolute atomic E-state index is 0.363. The van der Waals surface area contributed by atoms with Crippen molar-refractivity contribution in [1.29, 1.82) is 0 Å². The van der Waals surface area contributed by atoms with Crippen LogP contribution in [0.1, 0.15) is 26.7 Å². The molecule has 1 saturated heterocycles. The van der Waals surface area contributed by atoms with E-state index in [2.05, 4.69) is 19.2 Å². The maximum Gasteiger partial charge on any atom is 0.0649 e. The number of ether oxygens (including phenoxy) is 1. The van der Waals surface area contributed by atoms with E-state index >= 15 is 0 Å². The van der Waals surface area contributed by atoms with E-state index in [1.807, 2.05) is 0 Å². The van der Waals surface area contributed by atoms with Crippen molar-refractivity contribution < 1.29 is 4.74 Å². The van der Waals surface area contributed by atoms with Gasteiger partial charge in [0.2, 0.25) is 0 Å². The van der Waals surface area contributed by atoms with Gasteiger partial charge in [-0.1, -0.05) is 13.8 Å². The molecule has 0 amide bonds. The summed E-state index contributed by atoms with van der Waals surface area (Å²) in [7, 11) is 0. The third-order valence-corrected chi connectivity index (χ3v) is 2.76. The van der Waals surface area contributed by atoms with E-state index < -0.39 is 0 Å². The molecule has 2 aliphatic rings. The third kappa shape index (κ3) is 1.30. The van der Waals surface area contributed by atoms with Crippen molar-refractivity contribution in [2.24, 2.45) is 5.41 Å². The molecule has 11 heavy (non-hydrogen) atoms. The quantitative estimate of drug-likeness (QED) is 0.567. The molecule has 1 heterocycles. The summed E-state index contributed by atoms with van der Waals surface area (Å²) >= 11 is 0. The fourth-order valence-corrected chi connectivity index (χ4v) is 2.71. The molecule has 2 rings (SSSR count). The van der Waals surface area contributed by atoms with Gasteiger partial charge >= 0.3 is 0 Å². The number of hydrogen-bond donors (Lipinski definition) is 1. The molecule has 0 atom stereocenters. The average molecular weight is 155 g/mol. The summed E-state index contributed by atoms with van der Waals surface area (Å²) in [4.78, 5) is 0. The van der Waals surface area contributed by atoms with Crippen molar-refractivity contribution in [3.63, 3.8) is 0 Å². The lowest BCUT2D eigenvalue weighted by Crippen LogP contribution is -2.64. The summed E-state index contributed by atoms with van der Waals surface area (Å²) < 4.78 is 5.46. The van der Waals surface area contributed by atoms with Gasteiger partial charge in [0, 0.05) is 12.1 Å². The molecular weight excluding hydrogens is 138 g/mol. The Hall–Kier alpha value is -0.0800. The molecule has 1 aliphatic heterocycles. The number of hydrogen-bond acceptors (Lipinski definition) is 2. The molecule has 0 radical (unpaired) electrons. The van der Waals surface area contributed by atoms with Gasteiger partial charge in [-0.25, -0.2) is 0 Å². The van der Waals surface area contributed by atoms with Crippen LogP contribution in [0.3, 0.4) is 0 Å². The van der Waals surface area contributed by atoms with Crippen LogP contribution in [0, 0.1) is 5.41 Å². The van der Waals surface area contributed by atoms with Crippen molar-refractivity contribution >= 4 is 0 Å². The normalized spacial score (nSPS) is 33.3. The molecule has 2 fully saturated rings. The van der Waals surface area contributed by atoms with Crippen LogP contribution in [0.5, 0.6) is 0 Å². The average Bonchev–Trinajstić information content (AvgIpc) is 1.85. The standard InChI is InChI=1S/C9H17NO/c1-8(2)5-9(6-8)7-11-4-3-10-9/h10H,3-7H2,1-2H3. The fraction of sp³-hybridized carbons (Fsp3) is 1.00. The molecule has 64 valence electrons. The molecule has 2 heteroatoms. The Bertz CT molecular complexity index is 149. The lowest BCUT2D eigenvalue weighted by Gasteiger charge is -2.55. The second kappa shape index (κ2) is 2.20. The van der Waals surface area contributed by atoms with Crippen LogP contribution in [-0.2, 0) is 4.74 Å². The molecular formula is C9H17NO. The predicted octanol–water partition coefficient (Wildman–Crippen LogP) is 1.17. The van der Waals surface area contributed by atoms with Gasteiger partial charge in [0.25, 0.3) is 0 Å². The molecule has 2 nitrogen and oxygen atoms in total. The number of nitrogens with one attached hydrogen (secondary N) is 1. The van der Waals surface area contributed by atoms with E-state index in [4.69, 9.17) is 4.74 Å². The highest BCUT2D eigenvalue weighted by Crippen LogP contribution is 2.48. The highest BCUT2D eigenvalue weighted by molar-refractivity contribution is 5.06. The van der Waals surface area contributed by atoms with Gasteiger partial charge in [0.05, 0.1) is 13.2 Å². The van der Waals surface area contributed by atoms with Gasteiger partial charge in [-0.2, -0.15) is 0 Å². The van der Waals surface area contributed by atoms with Gasteiger partial charge in [-0.3, -0.25) is 0 Å². The Morgan fingerprint density at radius 2 is 2.00 bits per heavy atom. The maximum atomic E-state index is 5.46. The Balaban J connectivity index is 1.94. The summed E-state index contributed by atoms with van der Waals surface area (Å²) in [6.07, 6.45) is 2.56. The third-order valence-electron chi connectivity index (χ3n) is 2.76. The van der Waals surface area contributed by atoms with Gasteiger partial charge in [-0.15, -0.1) is 0 Å². The maximum absolute atomic E-state index is 5.46. The zero-order valence-corrected chi connectivity index (χ0v) is 7.44. The lowest BCUT2D eigenvalue weighted by atomic mass is 9.59. The van der Waals surface area contributed by atoms with Crippen LogP contribution in [0.2, 0.25) is 0 Å².